The Hall–Kier alpha value is -5.72. The van der Waals surface area contributed by atoms with E-state index in [1.165, 1.54) is 244 Å². The van der Waals surface area contributed by atoms with E-state index in [0.717, 1.165) is 6.42 Å². The summed E-state index contributed by atoms with van der Waals surface area (Å²) in [5.74, 6) is 0. The molecule has 8 aromatic carbocycles. The lowest BCUT2D eigenvalue weighted by Gasteiger charge is -2.33. The van der Waals surface area contributed by atoms with Crippen molar-refractivity contribution in [2.45, 2.75) is 200 Å². The molecule has 0 heteroatoms. The van der Waals surface area contributed by atoms with Crippen LogP contribution in [-0.2, 0) is 6.42 Å². The van der Waals surface area contributed by atoms with Crippen LogP contribution < -0.4 is 0 Å². The fourth-order valence-corrected chi connectivity index (χ4v) is 14.7. The van der Waals surface area contributed by atoms with Crippen LogP contribution in [0.4, 0.5) is 0 Å². The van der Waals surface area contributed by atoms with Crippen LogP contribution in [0.15, 0.2) is 0 Å². The van der Waals surface area contributed by atoms with Crippen LogP contribution in [0, 0.1) is 194 Å². The molecule has 0 heterocycles. The van der Waals surface area contributed by atoms with Gasteiger partial charge in [-0.2, -0.15) is 0 Å². The van der Waals surface area contributed by atoms with Gasteiger partial charge >= 0.3 is 0 Å². The molecular formula is C73H86. The van der Waals surface area contributed by atoms with Gasteiger partial charge < -0.3 is 0 Å². The largest absolute Gasteiger partial charge is 0.0447 e. The van der Waals surface area contributed by atoms with Crippen LogP contribution in [0.5, 0.6) is 0 Å². The molecule has 1 aliphatic carbocycles. The smallest absolute Gasteiger partial charge is 0.000766 e. The zero-order valence-electron chi connectivity index (χ0n) is 50.7. The molecule has 0 fully saturated rings. The monoisotopic (exact) mass is 963 g/mol. The molecule has 0 aromatic heterocycles. The van der Waals surface area contributed by atoms with Crippen molar-refractivity contribution < 1.29 is 0 Å². The highest BCUT2D eigenvalue weighted by molar-refractivity contribution is 6.27. The molecule has 0 unspecified atom stereocenters. The lowest BCUT2D eigenvalue weighted by molar-refractivity contribution is 1.12. The molecule has 9 rings (SSSR count). The van der Waals surface area contributed by atoms with Crippen molar-refractivity contribution in [1.29, 1.82) is 0 Å². The summed E-state index contributed by atoms with van der Waals surface area (Å²) in [6.07, 6.45) is 0.987. The van der Waals surface area contributed by atoms with E-state index in [0.29, 0.717) is 0 Å². The summed E-state index contributed by atoms with van der Waals surface area (Å²) in [6.45, 7) is 67.3. The molecule has 0 N–H and O–H groups in total. The highest BCUT2D eigenvalue weighted by Crippen LogP contribution is 2.59. The third kappa shape index (κ3) is 6.69. The first-order chi connectivity index (χ1) is 34.0. The van der Waals surface area contributed by atoms with Gasteiger partial charge in [-0.25, -0.2) is 0 Å². The van der Waals surface area contributed by atoms with Gasteiger partial charge in [0.2, 0.25) is 0 Å². The lowest BCUT2D eigenvalue weighted by atomic mass is 9.71. The first kappa shape index (κ1) is 52.2. The Morgan fingerprint density at radius 3 is 0.658 bits per heavy atom. The summed E-state index contributed by atoms with van der Waals surface area (Å²) in [7, 11) is 0. The minimum Gasteiger partial charge on any atom is -0.0447 e. The Bertz CT molecular complexity index is 3760. The fraction of sp³-hybridized carbons (Fsp3) is 0.397. The van der Waals surface area contributed by atoms with Gasteiger partial charge in [0.25, 0.3) is 0 Å². The fourth-order valence-electron chi connectivity index (χ4n) is 14.7. The van der Waals surface area contributed by atoms with Gasteiger partial charge in [-0.15, -0.1) is 0 Å². The van der Waals surface area contributed by atoms with Crippen LogP contribution in [0.2, 0.25) is 0 Å². The van der Waals surface area contributed by atoms with E-state index in [1.54, 1.807) is 0 Å². The van der Waals surface area contributed by atoms with Crippen molar-refractivity contribution >= 4 is 21.5 Å². The molecule has 8 aromatic rings. The maximum atomic E-state index is 2.51. The highest BCUT2D eigenvalue weighted by atomic mass is 14.4. The molecule has 0 nitrogen and oxygen atoms in total. The zero-order valence-corrected chi connectivity index (χ0v) is 50.7. The molecule has 73 heavy (non-hydrogen) atoms. The first-order valence-electron chi connectivity index (χ1n) is 27.5. The van der Waals surface area contributed by atoms with Crippen molar-refractivity contribution in [3.8, 4) is 55.6 Å². The van der Waals surface area contributed by atoms with Crippen LogP contribution in [-0.4, -0.2) is 0 Å². The first-order valence-corrected chi connectivity index (χ1v) is 27.5. The molecule has 0 spiro atoms. The second-order valence-corrected chi connectivity index (χ2v) is 23.9. The minimum absolute atomic E-state index is 0.987. The molecule has 0 atom stereocenters. The summed E-state index contributed by atoms with van der Waals surface area (Å²) in [6, 6.07) is 0. The van der Waals surface area contributed by atoms with E-state index in [4.69, 9.17) is 0 Å². The topological polar surface area (TPSA) is 0 Å². The number of hydrogen-bond acceptors (Lipinski definition) is 0. The number of benzene rings is 8. The number of aryl methyl sites for hydroxylation is 4. The van der Waals surface area contributed by atoms with Gasteiger partial charge in [-0.3, -0.25) is 0 Å². The van der Waals surface area contributed by atoms with Crippen molar-refractivity contribution in [3.63, 3.8) is 0 Å². The third-order valence-electron chi connectivity index (χ3n) is 21.6. The Balaban J connectivity index is 1.65. The van der Waals surface area contributed by atoms with E-state index in [-0.39, 0.29) is 0 Å². The Morgan fingerprint density at radius 1 is 0.123 bits per heavy atom. The average Bonchev–Trinajstić information content (AvgIpc) is 3.76. The second kappa shape index (κ2) is 17.4. The second-order valence-electron chi connectivity index (χ2n) is 23.9. The van der Waals surface area contributed by atoms with Gasteiger partial charge in [0.05, 0.1) is 0 Å². The summed E-state index contributed by atoms with van der Waals surface area (Å²) in [5.41, 5.74) is 56.9. The Kier molecular flexibility index (Phi) is 12.5. The van der Waals surface area contributed by atoms with Crippen LogP contribution in [0.25, 0.3) is 77.2 Å². The average molecular weight is 963 g/mol. The molecule has 0 bridgehead atoms. The van der Waals surface area contributed by atoms with Crippen molar-refractivity contribution in [1.82, 2.24) is 0 Å². The molecule has 0 saturated carbocycles. The molecule has 378 valence electrons. The highest BCUT2D eigenvalue weighted by Gasteiger charge is 2.36. The van der Waals surface area contributed by atoms with Crippen LogP contribution in [0.1, 0.15) is 167 Å². The summed E-state index contributed by atoms with van der Waals surface area (Å²) in [5, 5.41) is 5.72. The molecular weight excluding hydrogens is 877 g/mol. The third-order valence-corrected chi connectivity index (χ3v) is 21.6. The predicted molar refractivity (Wildman–Crippen MR) is 324 cm³/mol. The van der Waals surface area contributed by atoms with Crippen molar-refractivity contribution in [2.24, 2.45) is 0 Å². The summed E-state index contributed by atoms with van der Waals surface area (Å²) >= 11 is 0. The standard InChI is InChI=1S/C73H86/c1-30-33(4)45(16)60(46(17)34(30)5)64-56(27)55(26)62(57(28)70(64)61-47(18)35(6)31(2)36(7)48(61)19)72-65-50(21)38(9)40(11)52(23)67(65)73(68-53(24)41(12)39(10)51(22)66(68)72)69-54(25)42(13)44(15)59-29-58-43(14)32(3)37(8)49(20)63(58)71(59)69/h29H2,1-28H3. The maximum Gasteiger partial charge on any atom is -0.000766 e. The minimum atomic E-state index is 0.987. The predicted octanol–water partition coefficient (Wildman–Crippen LogP) is 20.9. The number of fused-ring (bicyclic) bond motifs is 5. The maximum absolute atomic E-state index is 2.51. The van der Waals surface area contributed by atoms with E-state index in [1.807, 2.05) is 0 Å². The van der Waals surface area contributed by atoms with E-state index >= 15 is 0 Å². The SMILES string of the molecule is Cc1c(C)c(C)c(-c2c(C)c(C)c(-c3c4c(C)c(C)c(C)c(C)c4c(-c4c(C)c(C)c(C)c5c4-c4c(C)c(C)c(C)c(C)c4C5)c4c(C)c(C)c(C)c(C)c34)c(C)c2-c2c(C)c(C)c(C)c(C)c2C)c(C)c1C. The molecule has 0 saturated heterocycles. The molecule has 0 amide bonds. The summed E-state index contributed by atoms with van der Waals surface area (Å²) in [4.78, 5) is 0. The van der Waals surface area contributed by atoms with Gasteiger partial charge in [0.1, 0.15) is 0 Å². The van der Waals surface area contributed by atoms with Crippen LogP contribution >= 0.6 is 0 Å². The van der Waals surface area contributed by atoms with E-state index in [9.17, 15) is 0 Å². The van der Waals surface area contributed by atoms with Gasteiger partial charge in [0, 0.05) is 0 Å². The lowest BCUT2D eigenvalue weighted by Crippen LogP contribution is -2.10. The number of rotatable bonds is 4. The Labute approximate surface area is 442 Å². The van der Waals surface area contributed by atoms with Crippen molar-refractivity contribution in [2.75, 3.05) is 0 Å². The number of hydrogen-bond donors (Lipinski definition) is 0. The summed E-state index contributed by atoms with van der Waals surface area (Å²) < 4.78 is 0. The quantitative estimate of drug-likeness (QED) is 0.154. The van der Waals surface area contributed by atoms with Gasteiger partial charge in [-0.1, -0.05) is 0 Å². The molecule has 1 aliphatic rings. The van der Waals surface area contributed by atoms with Gasteiger partial charge in [0.15, 0.2) is 0 Å². The molecule has 0 aliphatic heterocycles. The normalized spacial score (nSPS) is 12.3. The zero-order chi connectivity index (χ0) is 54.1. The molecule has 0 radical (unpaired) electrons. The van der Waals surface area contributed by atoms with Gasteiger partial charge in [-0.05, 0) is 444 Å². The Morgan fingerprint density at radius 2 is 0.301 bits per heavy atom. The van der Waals surface area contributed by atoms with E-state index < -0.39 is 0 Å². The van der Waals surface area contributed by atoms with E-state index in [2.05, 4.69) is 194 Å². The van der Waals surface area contributed by atoms with Crippen molar-refractivity contribution in [3.05, 3.63) is 167 Å². The van der Waals surface area contributed by atoms with Crippen LogP contribution in [0.3, 0.4) is 0 Å².